The summed E-state index contributed by atoms with van der Waals surface area (Å²) in [6.45, 7) is 1.48. The predicted octanol–water partition coefficient (Wildman–Crippen LogP) is 1.51. The molecule has 2 fully saturated rings. The molecule has 0 saturated heterocycles. The van der Waals surface area contributed by atoms with Crippen molar-refractivity contribution in [1.82, 2.24) is 0 Å². The lowest BCUT2D eigenvalue weighted by Crippen LogP contribution is -2.44. The highest BCUT2D eigenvalue weighted by molar-refractivity contribution is 5.66. The molecule has 3 rings (SSSR count). The molecule has 6 atom stereocenters. The summed E-state index contributed by atoms with van der Waals surface area (Å²) in [5, 5.41) is 10.1. The van der Waals surface area contributed by atoms with Crippen molar-refractivity contribution in [2.75, 3.05) is 0 Å². The van der Waals surface area contributed by atoms with Gasteiger partial charge in [-0.05, 0) is 37.0 Å². The Labute approximate surface area is 95.5 Å². The van der Waals surface area contributed by atoms with E-state index in [0.717, 1.165) is 19.3 Å². The molecule has 3 nitrogen and oxygen atoms in total. The van der Waals surface area contributed by atoms with Gasteiger partial charge in [-0.2, -0.15) is 0 Å². The summed E-state index contributed by atoms with van der Waals surface area (Å²) in [5.74, 6) is 1.54. The van der Waals surface area contributed by atoms with E-state index in [1.165, 1.54) is 6.92 Å². The lowest BCUT2D eigenvalue weighted by atomic mass is 9.70. The zero-order chi connectivity index (χ0) is 11.3. The minimum absolute atomic E-state index is 0.0332. The normalized spacial score (nSPS) is 49.1. The molecule has 2 bridgehead atoms. The van der Waals surface area contributed by atoms with Crippen molar-refractivity contribution in [2.45, 2.75) is 38.4 Å². The molecular weight excluding hydrogens is 204 g/mol. The Bertz CT molecular complexity index is 336. The van der Waals surface area contributed by atoms with Crippen molar-refractivity contribution in [1.29, 1.82) is 0 Å². The molecule has 3 heteroatoms. The molecule has 0 spiro atoms. The third-order valence-corrected chi connectivity index (χ3v) is 4.52. The van der Waals surface area contributed by atoms with Gasteiger partial charge in [0, 0.05) is 12.8 Å². The molecule has 2 saturated carbocycles. The zero-order valence-corrected chi connectivity index (χ0v) is 9.50. The Balaban J connectivity index is 1.84. The molecule has 3 aliphatic rings. The number of esters is 1. The monoisotopic (exact) mass is 222 g/mol. The molecule has 0 aliphatic heterocycles. The summed E-state index contributed by atoms with van der Waals surface area (Å²) in [7, 11) is 0. The van der Waals surface area contributed by atoms with E-state index in [9.17, 15) is 9.90 Å². The first-order valence-electron chi connectivity index (χ1n) is 6.20. The summed E-state index contributed by atoms with van der Waals surface area (Å²) in [4.78, 5) is 11.1. The van der Waals surface area contributed by atoms with Crippen LogP contribution >= 0.6 is 0 Å². The summed E-state index contributed by atoms with van der Waals surface area (Å²) in [5.41, 5.74) is 0. The smallest absolute Gasteiger partial charge is 0.302 e. The molecule has 0 radical (unpaired) electrons. The van der Waals surface area contributed by atoms with Crippen LogP contribution in [-0.2, 0) is 9.53 Å². The number of fused-ring (bicyclic) bond motifs is 5. The Morgan fingerprint density at radius 2 is 1.94 bits per heavy atom. The van der Waals surface area contributed by atoms with E-state index >= 15 is 0 Å². The maximum atomic E-state index is 11.1. The number of carbonyl (C=O) groups is 1. The minimum Gasteiger partial charge on any atom is -0.462 e. The van der Waals surface area contributed by atoms with E-state index in [2.05, 4.69) is 12.2 Å². The number of aliphatic hydroxyl groups is 1. The van der Waals surface area contributed by atoms with Crippen LogP contribution in [-0.4, -0.2) is 23.3 Å². The number of ether oxygens (including phenoxy) is 1. The number of allylic oxidation sites excluding steroid dienone is 2. The molecule has 3 aliphatic carbocycles. The van der Waals surface area contributed by atoms with Gasteiger partial charge in [-0.3, -0.25) is 4.79 Å². The van der Waals surface area contributed by atoms with E-state index in [0.29, 0.717) is 23.7 Å². The van der Waals surface area contributed by atoms with Crippen LogP contribution in [0.25, 0.3) is 0 Å². The van der Waals surface area contributed by atoms with Gasteiger partial charge in [0.15, 0.2) is 0 Å². The van der Waals surface area contributed by atoms with Crippen LogP contribution < -0.4 is 0 Å². The Morgan fingerprint density at radius 3 is 2.62 bits per heavy atom. The van der Waals surface area contributed by atoms with Crippen LogP contribution in [0.4, 0.5) is 0 Å². The SMILES string of the molecule is CC(=O)O[C@@H]1CC[C@H](O)[C@H]2[C@@H]1[C@H]1C=C[C@@H]2C1. The number of aliphatic hydroxyl groups excluding tert-OH is 1. The number of hydrogen-bond donors (Lipinski definition) is 1. The van der Waals surface area contributed by atoms with Crippen LogP contribution in [0.2, 0.25) is 0 Å². The van der Waals surface area contributed by atoms with Gasteiger partial charge in [0.2, 0.25) is 0 Å². The second-order valence-electron chi connectivity index (χ2n) is 5.40. The van der Waals surface area contributed by atoms with E-state index in [4.69, 9.17) is 4.74 Å². The molecule has 0 heterocycles. The highest BCUT2D eigenvalue weighted by Crippen LogP contribution is 2.54. The van der Waals surface area contributed by atoms with Gasteiger partial charge in [0.25, 0.3) is 0 Å². The second kappa shape index (κ2) is 3.59. The molecule has 1 N–H and O–H groups in total. The van der Waals surface area contributed by atoms with Crippen LogP contribution in [0.15, 0.2) is 12.2 Å². The highest BCUT2D eigenvalue weighted by Gasteiger charge is 2.53. The first-order valence-corrected chi connectivity index (χ1v) is 6.20. The van der Waals surface area contributed by atoms with Crippen molar-refractivity contribution < 1.29 is 14.6 Å². The van der Waals surface area contributed by atoms with Crippen molar-refractivity contribution in [3.8, 4) is 0 Å². The highest BCUT2D eigenvalue weighted by atomic mass is 16.5. The van der Waals surface area contributed by atoms with Crippen molar-refractivity contribution in [3.63, 3.8) is 0 Å². The lowest BCUT2D eigenvalue weighted by Gasteiger charge is -2.41. The fraction of sp³-hybridized carbons (Fsp3) is 0.769. The molecule has 0 unspecified atom stereocenters. The van der Waals surface area contributed by atoms with Gasteiger partial charge in [0.1, 0.15) is 6.10 Å². The van der Waals surface area contributed by atoms with Crippen LogP contribution in [0.5, 0.6) is 0 Å². The standard InChI is InChI=1S/C13H18O3/c1-7(14)16-11-5-4-10(15)12-8-2-3-9(6-8)13(11)12/h2-3,8-13,15H,4-6H2,1H3/t8-,9+,10+,11-,12+,13-/m1/s1. The van der Waals surface area contributed by atoms with Gasteiger partial charge in [0.05, 0.1) is 6.10 Å². The zero-order valence-electron chi connectivity index (χ0n) is 9.50. The predicted molar refractivity (Wildman–Crippen MR) is 58.5 cm³/mol. The minimum atomic E-state index is -0.197. The molecule has 0 amide bonds. The number of carbonyl (C=O) groups excluding carboxylic acids is 1. The maximum absolute atomic E-state index is 11.1. The van der Waals surface area contributed by atoms with E-state index in [1.807, 2.05) is 0 Å². The van der Waals surface area contributed by atoms with Crippen LogP contribution in [0, 0.1) is 23.7 Å². The lowest BCUT2D eigenvalue weighted by molar-refractivity contribution is -0.156. The van der Waals surface area contributed by atoms with E-state index < -0.39 is 0 Å². The molecule has 0 aromatic rings. The van der Waals surface area contributed by atoms with E-state index in [-0.39, 0.29) is 18.2 Å². The second-order valence-corrected chi connectivity index (χ2v) is 5.40. The number of rotatable bonds is 1. The average Bonchev–Trinajstić information content (AvgIpc) is 2.82. The molecule has 0 aromatic carbocycles. The first kappa shape index (κ1) is 10.3. The quantitative estimate of drug-likeness (QED) is 0.540. The fourth-order valence-electron chi connectivity index (χ4n) is 4.03. The van der Waals surface area contributed by atoms with Gasteiger partial charge < -0.3 is 9.84 Å². The van der Waals surface area contributed by atoms with Gasteiger partial charge in [-0.15, -0.1) is 0 Å². The van der Waals surface area contributed by atoms with E-state index in [1.54, 1.807) is 0 Å². The van der Waals surface area contributed by atoms with Crippen molar-refractivity contribution in [2.24, 2.45) is 23.7 Å². The molecule has 88 valence electrons. The van der Waals surface area contributed by atoms with Gasteiger partial charge >= 0.3 is 5.97 Å². The largest absolute Gasteiger partial charge is 0.462 e. The first-order chi connectivity index (χ1) is 7.66. The average molecular weight is 222 g/mol. The van der Waals surface area contributed by atoms with Crippen molar-refractivity contribution in [3.05, 3.63) is 12.2 Å². The molecule has 16 heavy (non-hydrogen) atoms. The Morgan fingerprint density at radius 1 is 1.25 bits per heavy atom. The van der Waals surface area contributed by atoms with Crippen molar-refractivity contribution >= 4 is 5.97 Å². The van der Waals surface area contributed by atoms with Crippen LogP contribution in [0.1, 0.15) is 26.2 Å². The maximum Gasteiger partial charge on any atom is 0.302 e. The van der Waals surface area contributed by atoms with Gasteiger partial charge in [-0.25, -0.2) is 0 Å². The summed E-state index contributed by atoms with van der Waals surface area (Å²) >= 11 is 0. The summed E-state index contributed by atoms with van der Waals surface area (Å²) in [6.07, 6.45) is 7.06. The Kier molecular flexibility index (Phi) is 2.32. The Hall–Kier alpha value is -0.830. The van der Waals surface area contributed by atoms with Crippen LogP contribution in [0.3, 0.4) is 0 Å². The third-order valence-electron chi connectivity index (χ3n) is 4.52. The molecular formula is C13H18O3. The fourth-order valence-corrected chi connectivity index (χ4v) is 4.03. The summed E-state index contributed by atoms with van der Waals surface area (Å²) < 4.78 is 5.42. The topological polar surface area (TPSA) is 46.5 Å². The molecule has 0 aromatic heterocycles. The summed E-state index contributed by atoms with van der Waals surface area (Å²) in [6, 6.07) is 0. The third kappa shape index (κ3) is 1.41. The number of hydrogen-bond acceptors (Lipinski definition) is 3. The van der Waals surface area contributed by atoms with Gasteiger partial charge in [-0.1, -0.05) is 12.2 Å².